The predicted octanol–water partition coefficient (Wildman–Crippen LogP) is 4.82. The van der Waals surface area contributed by atoms with Crippen molar-refractivity contribution in [3.8, 4) is 0 Å². The summed E-state index contributed by atoms with van der Waals surface area (Å²) in [7, 11) is 0. The molecule has 0 radical (unpaired) electrons. The van der Waals surface area contributed by atoms with Crippen LogP contribution in [-0.4, -0.2) is 51.2 Å². The van der Waals surface area contributed by atoms with Gasteiger partial charge in [-0.15, -0.1) is 0 Å². The van der Waals surface area contributed by atoms with Gasteiger partial charge in [-0.25, -0.2) is 0 Å². The van der Waals surface area contributed by atoms with Gasteiger partial charge >= 0.3 is 6.18 Å². The standard InChI is InChI=1S/C24H18ClF3N4O3S/c25-15-3-1-13(17(9-15)24(26,27)28)8-16(12-2-4-18-14(7-12)10-30-31-18)21-22(34)32(23(35)36-21)19-11-29-6-5-20(19)33/h1-4,7,9-10,19,29H,5-6,8,11H2,(H,30,31)/b21-16-. The number of carbonyl (C=O) groups excluding carboxylic acids is 3. The van der Waals surface area contributed by atoms with Gasteiger partial charge in [0, 0.05) is 29.9 Å². The second-order valence-corrected chi connectivity index (χ2v) is 9.83. The van der Waals surface area contributed by atoms with Gasteiger partial charge in [0.1, 0.15) is 6.04 Å². The molecule has 0 aliphatic carbocycles. The molecule has 1 unspecified atom stereocenters. The topological polar surface area (TPSA) is 95.2 Å². The van der Waals surface area contributed by atoms with E-state index in [0.717, 1.165) is 11.0 Å². The second kappa shape index (κ2) is 9.38. The summed E-state index contributed by atoms with van der Waals surface area (Å²) >= 11 is 6.48. The van der Waals surface area contributed by atoms with Crippen molar-refractivity contribution in [2.75, 3.05) is 13.1 Å². The number of amides is 2. The Morgan fingerprint density at radius 3 is 2.72 bits per heavy atom. The summed E-state index contributed by atoms with van der Waals surface area (Å²) in [6.45, 7) is 0.587. The van der Waals surface area contributed by atoms with Crippen molar-refractivity contribution >= 4 is 56.8 Å². The van der Waals surface area contributed by atoms with Crippen LogP contribution in [0.15, 0.2) is 47.5 Å². The van der Waals surface area contributed by atoms with Gasteiger partial charge in [0.15, 0.2) is 5.78 Å². The van der Waals surface area contributed by atoms with E-state index in [4.69, 9.17) is 11.6 Å². The number of rotatable bonds is 4. The highest BCUT2D eigenvalue weighted by atomic mass is 35.5. The van der Waals surface area contributed by atoms with Crippen LogP contribution in [0.25, 0.3) is 16.5 Å². The highest BCUT2D eigenvalue weighted by Crippen LogP contribution is 2.42. The fourth-order valence-corrected chi connectivity index (χ4v) is 5.55. The van der Waals surface area contributed by atoms with Crippen molar-refractivity contribution in [2.24, 2.45) is 0 Å². The molecule has 186 valence electrons. The molecule has 2 fully saturated rings. The maximum Gasteiger partial charge on any atom is 0.416 e. The first-order valence-electron chi connectivity index (χ1n) is 10.9. The Morgan fingerprint density at radius 1 is 1.17 bits per heavy atom. The van der Waals surface area contributed by atoms with E-state index in [1.807, 2.05) is 0 Å². The molecule has 5 rings (SSSR count). The number of imide groups is 1. The highest BCUT2D eigenvalue weighted by molar-refractivity contribution is 8.18. The number of H-pyrrole nitrogens is 1. The number of hydrogen-bond acceptors (Lipinski definition) is 6. The quantitative estimate of drug-likeness (QED) is 0.466. The Balaban J connectivity index is 1.64. The molecule has 2 amide bonds. The molecule has 3 heterocycles. The van der Waals surface area contributed by atoms with Gasteiger partial charge < -0.3 is 5.32 Å². The number of benzene rings is 2. The molecule has 0 bridgehead atoms. The smallest absolute Gasteiger partial charge is 0.314 e. The van der Waals surface area contributed by atoms with Gasteiger partial charge in [0.2, 0.25) is 0 Å². The van der Waals surface area contributed by atoms with Crippen LogP contribution in [0, 0.1) is 0 Å². The average molecular weight is 535 g/mol. The maximum atomic E-state index is 13.8. The Bertz CT molecular complexity index is 1440. The summed E-state index contributed by atoms with van der Waals surface area (Å²) in [6.07, 6.45) is -3.24. The summed E-state index contributed by atoms with van der Waals surface area (Å²) in [6, 6.07) is 7.54. The van der Waals surface area contributed by atoms with Crippen molar-refractivity contribution in [2.45, 2.75) is 25.1 Å². The summed E-state index contributed by atoms with van der Waals surface area (Å²) in [4.78, 5) is 39.8. The lowest BCUT2D eigenvalue weighted by Crippen LogP contribution is -2.53. The molecule has 1 atom stereocenters. The number of Topliss-reactive ketones (excluding diaryl/α,β-unsaturated/α-hetero) is 1. The monoisotopic (exact) mass is 534 g/mol. The SMILES string of the molecule is O=C1CCNCC1N1C(=O)S/C(=C(/Cc2ccc(Cl)cc2C(F)(F)F)c2ccc3[nH]ncc3c2)C1=O. The first-order chi connectivity index (χ1) is 17.1. The molecule has 2 N–H and O–H groups in total. The third-order valence-corrected chi connectivity index (χ3v) is 7.41. The zero-order valence-corrected chi connectivity index (χ0v) is 20.1. The third-order valence-electron chi connectivity index (χ3n) is 6.18. The van der Waals surface area contributed by atoms with Crippen molar-refractivity contribution in [1.82, 2.24) is 20.4 Å². The number of aromatic amines is 1. The van der Waals surface area contributed by atoms with Gasteiger partial charge in [0.05, 0.1) is 22.2 Å². The molecule has 0 spiro atoms. The number of allylic oxidation sites excluding steroid dienone is 1. The van der Waals surface area contributed by atoms with Crippen molar-refractivity contribution in [1.29, 1.82) is 0 Å². The maximum absolute atomic E-state index is 13.8. The number of halogens is 4. The third kappa shape index (κ3) is 4.54. The normalized spacial score (nSPS) is 20.5. The van der Waals surface area contributed by atoms with Gasteiger partial charge in [-0.3, -0.25) is 24.4 Å². The highest BCUT2D eigenvalue weighted by Gasteiger charge is 2.45. The van der Waals surface area contributed by atoms with E-state index in [1.165, 1.54) is 12.1 Å². The van der Waals surface area contributed by atoms with Crippen molar-refractivity contribution in [3.05, 3.63) is 69.2 Å². The number of ketones is 1. The molecule has 2 aromatic carbocycles. The number of alkyl halides is 3. The Morgan fingerprint density at radius 2 is 1.97 bits per heavy atom. The largest absolute Gasteiger partial charge is 0.416 e. The zero-order valence-electron chi connectivity index (χ0n) is 18.5. The lowest BCUT2D eigenvalue weighted by atomic mass is 9.93. The minimum absolute atomic E-state index is 0.00991. The Hall–Kier alpha value is -3.15. The van der Waals surface area contributed by atoms with Crippen LogP contribution in [0.5, 0.6) is 0 Å². The van der Waals surface area contributed by atoms with E-state index in [1.54, 1.807) is 24.4 Å². The van der Waals surface area contributed by atoms with E-state index < -0.39 is 28.9 Å². The van der Waals surface area contributed by atoms with Crippen LogP contribution in [0.2, 0.25) is 5.02 Å². The van der Waals surface area contributed by atoms with Gasteiger partial charge in [-0.05, 0) is 59.1 Å². The summed E-state index contributed by atoms with van der Waals surface area (Å²) in [5, 5.41) is 9.75. The Kier molecular flexibility index (Phi) is 6.39. The molecule has 2 aliphatic rings. The van der Waals surface area contributed by atoms with E-state index >= 15 is 0 Å². The van der Waals surface area contributed by atoms with E-state index in [0.29, 0.717) is 34.8 Å². The van der Waals surface area contributed by atoms with Crippen LogP contribution in [-0.2, 0) is 22.2 Å². The Labute approximate surface area is 212 Å². The fraction of sp³-hybridized carbons (Fsp3) is 0.250. The number of piperidine rings is 1. The van der Waals surface area contributed by atoms with Crippen molar-refractivity contribution < 1.29 is 27.6 Å². The van der Waals surface area contributed by atoms with E-state index in [-0.39, 0.29) is 46.2 Å². The zero-order chi connectivity index (χ0) is 25.6. The molecule has 2 aliphatic heterocycles. The summed E-state index contributed by atoms with van der Waals surface area (Å²) < 4.78 is 41.5. The number of fused-ring (bicyclic) bond motifs is 1. The van der Waals surface area contributed by atoms with Crippen LogP contribution in [0.4, 0.5) is 18.0 Å². The molecular weight excluding hydrogens is 517 g/mol. The molecule has 12 heteroatoms. The minimum Gasteiger partial charge on any atom is -0.314 e. The molecule has 7 nitrogen and oxygen atoms in total. The summed E-state index contributed by atoms with van der Waals surface area (Å²) in [5.74, 6) is -0.937. The van der Waals surface area contributed by atoms with Crippen LogP contribution in [0.1, 0.15) is 23.1 Å². The van der Waals surface area contributed by atoms with Crippen molar-refractivity contribution in [3.63, 3.8) is 0 Å². The number of carbonyl (C=O) groups is 3. The average Bonchev–Trinajstić information content (AvgIpc) is 3.41. The number of aromatic nitrogens is 2. The van der Waals surface area contributed by atoms with Crippen LogP contribution >= 0.6 is 23.4 Å². The molecule has 2 saturated heterocycles. The molecule has 1 aromatic heterocycles. The van der Waals surface area contributed by atoms with Gasteiger partial charge in [-0.2, -0.15) is 18.3 Å². The molecule has 3 aromatic rings. The summed E-state index contributed by atoms with van der Waals surface area (Å²) in [5.41, 5.74) is 0.380. The van der Waals surface area contributed by atoms with Gasteiger partial charge in [-0.1, -0.05) is 23.7 Å². The minimum atomic E-state index is -4.68. The number of thioether (sulfide) groups is 1. The first-order valence-corrected chi connectivity index (χ1v) is 12.1. The molecular formula is C24H18ClF3N4O3S. The lowest BCUT2D eigenvalue weighted by Gasteiger charge is -2.28. The van der Waals surface area contributed by atoms with E-state index in [2.05, 4.69) is 15.5 Å². The first kappa shape index (κ1) is 24.5. The number of nitrogens with zero attached hydrogens (tertiary/aromatic N) is 2. The second-order valence-electron chi connectivity index (χ2n) is 8.44. The molecule has 0 saturated carbocycles. The molecule has 36 heavy (non-hydrogen) atoms. The number of hydrogen-bond donors (Lipinski definition) is 2. The van der Waals surface area contributed by atoms with Crippen LogP contribution in [0.3, 0.4) is 0 Å². The fourth-order valence-electron chi connectivity index (χ4n) is 4.40. The number of nitrogens with one attached hydrogen (secondary N) is 2. The predicted molar refractivity (Wildman–Crippen MR) is 129 cm³/mol. The lowest BCUT2D eigenvalue weighted by molar-refractivity contribution is -0.138. The van der Waals surface area contributed by atoms with Gasteiger partial charge in [0.25, 0.3) is 11.1 Å². The van der Waals surface area contributed by atoms with Crippen LogP contribution < -0.4 is 5.32 Å². The van der Waals surface area contributed by atoms with E-state index in [9.17, 15) is 27.6 Å².